The summed E-state index contributed by atoms with van der Waals surface area (Å²) >= 11 is 18.5. The van der Waals surface area contributed by atoms with Crippen molar-refractivity contribution < 1.29 is 23.5 Å². The van der Waals surface area contributed by atoms with Crippen LogP contribution in [0.3, 0.4) is 0 Å². The average Bonchev–Trinajstić information content (AvgIpc) is 3.56. The summed E-state index contributed by atoms with van der Waals surface area (Å²) in [5, 5.41) is 13.3. The van der Waals surface area contributed by atoms with Crippen molar-refractivity contribution in [3.05, 3.63) is 62.6 Å². The number of hydrazine groups is 1. The molecule has 0 spiro atoms. The molecule has 0 aliphatic carbocycles. The lowest BCUT2D eigenvalue weighted by molar-refractivity contribution is -0.173. The van der Waals surface area contributed by atoms with Crippen LogP contribution in [-0.2, 0) is 10.4 Å². The van der Waals surface area contributed by atoms with Gasteiger partial charge in [0.25, 0.3) is 18.2 Å². The molecule has 1 atom stereocenters. The third-order valence-electron chi connectivity index (χ3n) is 9.28. The number of amides is 2. The van der Waals surface area contributed by atoms with Gasteiger partial charge < -0.3 is 19.8 Å². The van der Waals surface area contributed by atoms with Crippen molar-refractivity contribution in [2.24, 2.45) is 16.8 Å². The van der Waals surface area contributed by atoms with Crippen LogP contribution < -0.4 is 10.3 Å². The number of piperidine rings is 2. The van der Waals surface area contributed by atoms with Crippen molar-refractivity contribution in [2.45, 2.75) is 44.1 Å². The number of hydrogen-bond acceptors (Lipinski definition) is 7. The Morgan fingerprint density at radius 2 is 1.65 bits per heavy atom. The molecule has 0 aromatic heterocycles. The fourth-order valence-electron chi connectivity index (χ4n) is 6.52. The van der Waals surface area contributed by atoms with E-state index in [2.05, 4.69) is 15.3 Å². The second-order valence-electron chi connectivity index (χ2n) is 12.3. The Morgan fingerprint density at radius 1 is 1.02 bits per heavy atom. The van der Waals surface area contributed by atoms with E-state index in [9.17, 15) is 23.5 Å². The number of carbonyl (C=O) groups excluding carboxylic acids is 2. The summed E-state index contributed by atoms with van der Waals surface area (Å²) in [7, 11) is 1.76. The molecule has 0 radical (unpaired) electrons. The summed E-state index contributed by atoms with van der Waals surface area (Å²) in [6.45, 7) is 4.01. The molecule has 5 rings (SSSR count). The summed E-state index contributed by atoms with van der Waals surface area (Å²) in [5.41, 5.74) is 1.22. The minimum atomic E-state index is -3.34. The molecule has 2 aromatic carbocycles. The lowest BCUT2D eigenvalue weighted by atomic mass is 9.82. The molecule has 0 saturated carbocycles. The fourth-order valence-corrected chi connectivity index (χ4v) is 7.30. The number of alkyl halides is 2. The maximum atomic E-state index is 14.1. The first-order valence-corrected chi connectivity index (χ1v) is 16.7. The van der Waals surface area contributed by atoms with E-state index in [0.29, 0.717) is 68.1 Å². The standard InChI is InChI=1S/C32H39Cl3F2N6O3/c1-40(12-13-43-20-38-19-39-43)29(44)27-3-2-26(18-28(27)35)41-8-4-21(5-9-41)14-22-6-10-42(11-7-22)31(45)32(46,30(36)37)23-15-24(33)17-25(34)16-23/h2-3,15-18,20-22,30,39,46H,4-14,19H2,1H3/t32-/m0/s1. The van der Waals surface area contributed by atoms with Crippen LogP contribution in [0, 0.1) is 11.8 Å². The molecule has 2 saturated heterocycles. The van der Waals surface area contributed by atoms with Gasteiger partial charge >= 0.3 is 0 Å². The average molecular weight is 700 g/mol. The van der Waals surface area contributed by atoms with E-state index < -0.39 is 17.9 Å². The summed E-state index contributed by atoms with van der Waals surface area (Å²) in [6.07, 6.45) is 2.73. The van der Waals surface area contributed by atoms with Crippen LogP contribution >= 0.6 is 34.8 Å². The van der Waals surface area contributed by atoms with Crippen LogP contribution in [0.5, 0.6) is 0 Å². The number of likely N-dealkylation sites (tertiary alicyclic amines) is 1. The quantitative estimate of drug-likeness (QED) is 0.340. The predicted molar refractivity (Wildman–Crippen MR) is 177 cm³/mol. The van der Waals surface area contributed by atoms with Crippen LogP contribution in [-0.4, -0.2) is 97.5 Å². The molecule has 14 heteroatoms. The van der Waals surface area contributed by atoms with Gasteiger partial charge in [-0.3, -0.25) is 19.6 Å². The number of benzene rings is 2. The number of anilines is 1. The first kappa shape index (κ1) is 34.6. The van der Waals surface area contributed by atoms with E-state index in [1.165, 1.54) is 11.0 Å². The van der Waals surface area contributed by atoms with Crippen LogP contribution in [0.4, 0.5) is 14.5 Å². The molecule has 3 aliphatic rings. The summed E-state index contributed by atoms with van der Waals surface area (Å²) < 4.78 is 28.3. The Balaban J connectivity index is 1.09. The third kappa shape index (κ3) is 7.87. The van der Waals surface area contributed by atoms with Crippen LogP contribution in [0.1, 0.15) is 48.0 Å². The van der Waals surface area contributed by atoms with Crippen molar-refractivity contribution >= 4 is 58.6 Å². The molecule has 3 aliphatic heterocycles. The molecule has 46 heavy (non-hydrogen) atoms. The maximum Gasteiger partial charge on any atom is 0.280 e. The predicted octanol–water partition coefficient (Wildman–Crippen LogP) is 5.52. The Labute approximate surface area is 283 Å². The van der Waals surface area contributed by atoms with Gasteiger partial charge in [-0.2, -0.15) is 0 Å². The highest BCUT2D eigenvalue weighted by Crippen LogP contribution is 2.37. The Morgan fingerprint density at radius 3 is 2.22 bits per heavy atom. The number of aliphatic hydroxyl groups is 1. The normalized spacial score (nSPS) is 19.2. The van der Waals surface area contributed by atoms with E-state index in [-0.39, 0.29) is 21.5 Å². The maximum absolute atomic E-state index is 14.1. The second-order valence-corrected chi connectivity index (χ2v) is 13.6. The highest BCUT2D eigenvalue weighted by atomic mass is 35.5. The van der Waals surface area contributed by atoms with Crippen molar-refractivity contribution in [2.75, 3.05) is 57.9 Å². The Kier molecular flexibility index (Phi) is 11.3. The first-order chi connectivity index (χ1) is 21.9. The van der Waals surface area contributed by atoms with Crippen LogP contribution in [0.2, 0.25) is 15.1 Å². The molecule has 2 fully saturated rings. The van der Waals surface area contributed by atoms with Gasteiger partial charge in [-0.15, -0.1) is 0 Å². The Hall–Kier alpha value is -2.70. The van der Waals surface area contributed by atoms with Gasteiger partial charge in [0.1, 0.15) is 13.0 Å². The lowest BCUT2D eigenvalue weighted by Crippen LogP contribution is -2.53. The Bertz CT molecular complexity index is 1420. The molecule has 2 N–H and O–H groups in total. The zero-order valence-electron chi connectivity index (χ0n) is 25.6. The van der Waals surface area contributed by atoms with Gasteiger partial charge in [-0.05, 0) is 80.3 Å². The zero-order valence-corrected chi connectivity index (χ0v) is 27.9. The van der Waals surface area contributed by atoms with Crippen molar-refractivity contribution in [1.29, 1.82) is 0 Å². The number of rotatable bonds is 10. The molecule has 9 nitrogen and oxygen atoms in total. The fraction of sp³-hybridized carbons (Fsp3) is 0.531. The van der Waals surface area contributed by atoms with Gasteiger partial charge in [0, 0.05) is 61.1 Å². The van der Waals surface area contributed by atoms with Crippen molar-refractivity contribution in [1.82, 2.24) is 20.2 Å². The monoisotopic (exact) mass is 698 g/mol. The van der Waals surface area contributed by atoms with E-state index in [0.717, 1.165) is 50.2 Å². The molecule has 3 heterocycles. The molecule has 0 bridgehead atoms. The van der Waals surface area contributed by atoms with Gasteiger partial charge in [0.2, 0.25) is 5.60 Å². The zero-order chi connectivity index (χ0) is 33.0. The largest absolute Gasteiger partial charge is 0.371 e. The molecular formula is C32H39Cl3F2N6O3. The number of nitrogens with one attached hydrogen (secondary N) is 1. The summed E-state index contributed by atoms with van der Waals surface area (Å²) in [6, 6.07) is 9.28. The molecule has 2 amide bonds. The highest BCUT2D eigenvalue weighted by Gasteiger charge is 2.50. The van der Waals surface area contributed by atoms with E-state index in [1.807, 2.05) is 17.1 Å². The van der Waals surface area contributed by atoms with Gasteiger partial charge in [-0.25, -0.2) is 14.2 Å². The van der Waals surface area contributed by atoms with E-state index >= 15 is 0 Å². The van der Waals surface area contributed by atoms with Gasteiger partial charge in [-0.1, -0.05) is 34.8 Å². The molecule has 250 valence electrons. The van der Waals surface area contributed by atoms with Gasteiger partial charge in [0.15, 0.2) is 0 Å². The number of likely N-dealkylation sites (N-methyl/N-ethyl adjacent to an activating group) is 1. The van der Waals surface area contributed by atoms with E-state index in [4.69, 9.17) is 34.8 Å². The van der Waals surface area contributed by atoms with Crippen LogP contribution in [0.25, 0.3) is 0 Å². The minimum absolute atomic E-state index is 0.0652. The number of halogens is 5. The van der Waals surface area contributed by atoms with Crippen molar-refractivity contribution in [3.8, 4) is 0 Å². The SMILES string of the molecule is CN(CCN1C=NCN1)C(=O)c1ccc(N2CCC(CC3CCN(C(=O)[C@](O)(c4cc(Cl)cc(Cl)c4)C(F)F)CC3)CC2)cc1Cl. The van der Waals surface area contributed by atoms with Gasteiger partial charge in [0.05, 0.1) is 17.1 Å². The van der Waals surface area contributed by atoms with Crippen molar-refractivity contribution in [3.63, 3.8) is 0 Å². The number of carbonyl (C=O) groups is 2. The van der Waals surface area contributed by atoms with Crippen LogP contribution in [0.15, 0.2) is 41.4 Å². The second kappa shape index (κ2) is 15.0. The number of nitrogens with zero attached hydrogens (tertiary/aromatic N) is 5. The molecule has 2 aromatic rings. The highest BCUT2D eigenvalue weighted by molar-refractivity contribution is 6.35. The molecular weight excluding hydrogens is 661 g/mol. The molecule has 0 unspecified atom stereocenters. The summed E-state index contributed by atoms with van der Waals surface area (Å²) in [5.74, 6) is -0.284. The minimum Gasteiger partial charge on any atom is -0.371 e. The number of hydrogen-bond donors (Lipinski definition) is 2. The topological polar surface area (TPSA) is 91.7 Å². The summed E-state index contributed by atoms with van der Waals surface area (Å²) in [4.78, 5) is 35.6. The number of aliphatic imine (C=N–C) groups is 1. The first-order valence-electron chi connectivity index (χ1n) is 15.5. The lowest BCUT2D eigenvalue weighted by Gasteiger charge is -2.39. The smallest absolute Gasteiger partial charge is 0.280 e. The van der Waals surface area contributed by atoms with E-state index in [1.54, 1.807) is 24.4 Å². The third-order valence-corrected chi connectivity index (χ3v) is 10.0.